The Kier molecular flexibility index (Phi) is 3.41. The molecule has 0 aliphatic carbocycles. The molecule has 106 valence electrons. The van der Waals surface area contributed by atoms with E-state index in [0.29, 0.717) is 5.57 Å². The number of nitrogens with zero attached hydrogens (tertiary/aromatic N) is 1. The second-order valence-electron chi connectivity index (χ2n) is 4.61. The first kappa shape index (κ1) is 14.3. The van der Waals surface area contributed by atoms with Crippen molar-refractivity contribution in [1.82, 2.24) is 0 Å². The van der Waals surface area contributed by atoms with Gasteiger partial charge in [-0.15, -0.1) is 0 Å². The number of benzene rings is 1. The standard InChI is InChI=1S/C14H12F3NO2/c1-8(19)6-12-9(2)18(13(12)20)11-5-3-4-10(7-11)14(15,16)17/h3-7,9H,1-2H3/b12-6+. The lowest BCUT2D eigenvalue weighted by Gasteiger charge is -2.40. The van der Waals surface area contributed by atoms with Crippen molar-refractivity contribution in [3.63, 3.8) is 0 Å². The van der Waals surface area contributed by atoms with Crippen LogP contribution < -0.4 is 4.90 Å². The number of β-lactam (4-membered cyclic amide) rings is 1. The molecule has 1 unspecified atom stereocenters. The molecule has 0 spiro atoms. The van der Waals surface area contributed by atoms with Gasteiger partial charge in [0.1, 0.15) is 0 Å². The zero-order chi connectivity index (χ0) is 15.1. The van der Waals surface area contributed by atoms with Crippen LogP contribution in [0, 0.1) is 0 Å². The average Bonchev–Trinajstić information content (AvgIpc) is 2.35. The minimum atomic E-state index is -4.45. The van der Waals surface area contributed by atoms with Gasteiger partial charge < -0.3 is 4.90 Å². The fourth-order valence-corrected chi connectivity index (χ4v) is 2.14. The molecule has 6 heteroatoms. The molecular weight excluding hydrogens is 271 g/mol. The number of amides is 1. The van der Waals surface area contributed by atoms with Crippen LogP contribution in [-0.4, -0.2) is 17.7 Å². The highest BCUT2D eigenvalue weighted by Gasteiger charge is 2.41. The third-order valence-corrected chi connectivity index (χ3v) is 3.11. The predicted molar refractivity (Wildman–Crippen MR) is 67.2 cm³/mol. The Bertz CT molecular complexity index is 605. The Morgan fingerprint density at radius 3 is 2.50 bits per heavy atom. The van der Waals surface area contributed by atoms with E-state index in [9.17, 15) is 22.8 Å². The summed E-state index contributed by atoms with van der Waals surface area (Å²) in [6.45, 7) is 2.98. The monoisotopic (exact) mass is 283 g/mol. The van der Waals surface area contributed by atoms with E-state index in [0.717, 1.165) is 12.1 Å². The number of alkyl halides is 3. The minimum Gasteiger partial charge on any atom is -0.301 e. The number of allylic oxidation sites excluding steroid dienone is 1. The lowest BCUT2D eigenvalue weighted by Crippen LogP contribution is -2.54. The van der Waals surface area contributed by atoms with Crippen LogP contribution in [0.4, 0.5) is 18.9 Å². The lowest BCUT2D eigenvalue weighted by molar-refractivity contribution is -0.137. The fourth-order valence-electron chi connectivity index (χ4n) is 2.14. The molecular formula is C14H12F3NO2. The van der Waals surface area contributed by atoms with Crippen molar-refractivity contribution >= 4 is 17.4 Å². The lowest BCUT2D eigenvalue weighted by atomic mass is 9.93. The maximum absolute atomic E-state index is 12.6. The van der Waals surface area contributed by atoms with E-state index in [1.54, 1.807) is 6.92 Å². The van der Waals surface area contributed by atoms with E-state index in [2.05, 4.69) is 0 Å². The molecule has 1 aromatic carbocycles. The topological polar surface area (TPSA) is 37.4 Å². The van der Waals surface area contributed by atoms with E-state index >= 15 is 0 Å². The van der Waals surface area contributed by atoms with Crippen molar-refractivity contribution in [2.45, 2.75) is 26.1 Å². The number of halogens is 3. The molecule has 1 aliphatic rings. The normalized spacial score (nSPS) is 21.1. The molecule has 0 bridgehead atoms. The highest BCUT2D eigenvalue weighted by Crippen LogP contribution is 2.36. The predicted octanol–water partition coefficient (Wildman–Crippen LogP) is 2.96. The first-order valence-electron chi connectivity index (χ1n) is 5.95. The van der Waals surface area contributed by atoms with E-state index in [-0.39, 0.29) is 11.5 Å². The molecule has 1 aromatic rings. The summed E-state index contributed by atoms with van der Waals surface area (Å²) in [6, 6.07) is 4.16. The fraction of sp³-hybridized carbons (Fsp3) is 0.286. The van der Waals surface area contributed by atoms with Crippen LogP contribution in [0.3, 0.4) is 0 Å². The van der Waals surface area contributed by atoms with Crippen LogP contribution in [0.2, 0.25) is 0 Å². The van der Waals surface area contributed by atoms with Gasteiger partial charge >= 0.3 is 6.18 Å². The molecule has 1 aliphatic heterocycles. The van der Waals surface area contributed by atoms with Crippen LogP contribution >= 0.6 is 0 Å². The molecule has 2 rings (SSSR count). The second-order valence-corrected chi connectivity index (χ2v) is 4.61. The molecule has 0 aromatic heterocycles. The summed E-state index contributed by atoms with van der Waals surface area (Å²) >= 11 is 0. The first-order valence-corrected chi connectivity index (χ1v) is 5.95. The van der Waals surface area contributed by atoms with Crippen LogP contribution in [0.5, 0.6) is 0 Å². The van der Waals surface area contributed by atoms with Crippen molar-refractivity contribution in [1.29, 1.82) is 0 Å². The van der Waals surface area contributed by atoms with Crippen LogP contribution in [0.1, 0.15) is 19.4 Å². The van der Waals surface area contributed by atoms with Gasteiger partial charge in [-0.05, 0) is 38.1 Å². The van der Waals surface area contributed by atoms with Crippen molar-refractivity contribution in [3.05, 3.63) is 41.5 Å². The smallest absolute Gasteiger partial charge is 0.301 e. The molecule has 0 saturated carbocycles. The maximum atomic E-state index is 12.6. The van der Waals surface area contributed by atoms with Gasteiger partial charge in [0, 0.05) is 11.3 Å². The summed E-state index contributed by atoms with van der Waals surface area (Å²) in [5.41, 5.74) is -0.313. The summed E-state index contributed by atoms with van der Waals surface area (Å²) < 4.78 is 37.9. The summed E-state index contributed by atoms with van der Waals surface area (Å²) in [7, 11) is 0. The highest BCUT2D eigenvalue weighted by atomic mass is 19.4. The number of anilines is 1. The van der Waals surface area contributed by atoms with E-state index in [4.69, 9.17) is 0 Å². The molecule has 3 nitrogen and oxygen atoms in total. The van der Waals surface area contributed by atoms with Gasteiger partial charge in [-0.25, -0.2) is 0 Å². The Morgan fingerprint density at radius 2 is 2.00 bits per heavy atom. The van der Waals surface area contributed by atoms with Crippen molar-refractivity contribution < 1.29 is 22.8 Å². The van der Waals surface area contributed by atoms with Crippen LogP contribution in [0.15, 0.2) is 35.9 Å². The number of carbonyl (C=O) groups is 2. The first-order chi connectivity index (χ1) is 9.21. The molecule has 1 fully saturated rings. The zero-order valence-corrected chi connectivity index (χ0v) is 10.9. The van der Waals surface area contributed by atoms with Gasteiger partial charge in [0.05, 0.1) is 11.6 Å². The molecule has 0 radical (unpaired) electrons. The molecule has 1 atom stereocenters. The summed E-state index contributed by atoms with van der Waals surface area (Å²) in [6.07, 6.45) is -3.23. The number of ketones is 1. The number of carbonyl (C=O) groups excluding carboxylic acids is 2. The van der Waals surface area contributed by atoms with Gasteiger partial charge in [-0.1, -0.05) is 6.07 Å². The maximum Gasteiger partial charge on any atom is 0.416 e. The van der Waals surface area contributed by atoms with Gasteiger partial charge in [-0.2, -0.15) is 13.2 Å². The van der Waals surface area contributed by atoms with E-state index in [1.807, 2.05) is 0 Å². The number of hydrogen-bond acceptors (Lipinski definition) is 2. The summed E-state index contributed by atoms with van der Waals surface area (Å²) in [4.78, 5) is 24.1. The Hall–Kier alpha value is -2.11. The van der Waals surface area contributed by atoms with Gasteiger partial charge in [0.15, 0.2) is 5.78 Å². The van der Waals surface area contributed by atoms with Crippen molar-refractivity contribution in [2.75, 3.05) is 4.90 Å². The van der Waals surface area contributed by atoms with Gasteiger partial charge in [0.2, 0.25) is 0 Å². The molecule has 1 heterocycles. The minimum absolute atomic E-state index is 0.179. The van der Waals surface area contributed by atoms with Crippen molar-refractivity contribution in [2.24, 2.45) is 0 Å². The average molecular weight is 283 g/mol. The van der Waals surface area contributed by atoms with Gasteiger partial charge in [0.25, 0.3) is 5.91 Å². The number of rotatable bonds is 2. The van der Waals surface area contributed by atoms with Crippen LogP contribution in [0.25, 0.3) is 0 Å². The van der Waals surface area contributed by atoms with E-state index < -0.39 is 23.7 Å². The van der Waals surface area contributed by atoms with Crippen LogP contribution in [-0.2, 0) is 15.8 Å². The SMILES string of the molecule is CC(=O)/C=C1/C(=O)N(c2cccc(C(F)(F)F)c2)C1C. The quantitative estimate of drug-likeness (QED) is 0.618. The third kappa shape index (κ3) is 2.45. The van der Waals surface area contributed by atoms with Gasteiger partial charge in [-0.3, -0.25) is 9.59 Å². The molecule has 1 amide bonds. The molecule has 20 heavy (non-hydrogen) atoms. The number of hydrogen-bond donors (Lipinski definition) is 0. The summed E-state index contributed by atoms with van der Waals surface area (Å²) in [5, 5.41) is 0. The zero-order valence-electron chi connectivity index (χ0n) is 10.9. The van der Waals surface area contributed by atoms with Crippen molar-refractivity contribution in [3.8, 4) is 0 Å². The Labute approximate surface area is 113 Å². The summed E-state index contributed by atoms with van der Waals surface area (Å²) in [5.74, 6) is -0.698. The second kappa shape index (κ2) is 4.77. The Morgan fingerprint density at radius 1 is 1.35 bits per heavy atom. The third-order valence-electron chi connectivity index (χ3n) is 3.11. The van der Waals surface area contributed by atoms with E-state index in [1.165, 1.54) is 30.0 Å². The molecule has 0 N–H and O–H groups in total. The highest BCUT2D eigenvalue weighted by molar-refractivity contribution is 6.17. The largest absolute Gasteiger partial charge is 0.416 e. The molecule has 1 saturated heterocycles. The Balaban J connectivity index is 2.31.